The highest BCUT2D eigenvalue weighted by atomic mass is 32.2. The van der Waals surface area contributed by atoms with Crippen LogP contribution in [0.3, 0.4) is 0 Å². The molecule has 0 aliphatic heterocycles. The molecule has 0 unspecified atom stereocenters. The lowest BCUT2D eigenvalue weighted by Gasteiger charge is -2.07. The van der Waals surface area contributed by atoms with Crippen molar-refractivity contribution in [3.05, 3.63) is 24.3 Å². The van der Waals surface area contributed by atoms with Crippen LogP contribution in [0.1, 0.15) is 6.92 Å². The molecule has 0 fully saturated rings. The van der Waals surface area contributed by atoms with Gasteiger partial charge in [0.05, 0.1) is 18.6 Å². The highest BCUT2D eigenvalue weighted by Gasteiger charge is 2.12. The molecule has 96 valence electrons. The van der Waals surface area contributed by atoms with E-state index in [1.807, 2.05) is 6.92 Å². The Morgan fingerprint density at radius 1 is 1.24 bits per heavy atom. The van der Waals surface area contributed by atoms with Crippen molar-refractivity contribution < 1.29 is 17.9 Å². The third-order valence-electron chi connectivity index (χ3n) is 2.11. The molecule has 0 saturated heterocycles. The van der Waals surface area contributed by atoms with E-state index in [0.29, 0.717) is 19.0 Å². The Morgan fingerprint density at radius 3 is 2.41 bits per heavy atom. The van der Waals surface area contributed by atoms with Gasteiger partial charge in [0, 0.05) is 13.2 Å². The van der Waals surface area contributed by atoms with Crippen LogP contribution in [0.4, 0.5) is 0 Å². The molecular weight excluding hydrogens is 242 g/mol. The smallest absolute Gasteiger partial charge is 0.240 e. The van der Waals surface area contributed by atoms with E-state index in [4.69, 9.17) is 9.47 Å². The summed E-state index contributed by atoms with van der Waals surface area (Å²) in [7, 11) is -1.92. The molecule has 1 rings (SSSR count). The number of benzene rings is 1. The minimum absolute atomic E-state index is 0.217. The molecule has 5 nitrogen and oxygen atoms in total. The van der Waals surface area contributed by atoms with Gasteiger partial charge < -0.3 is 9.47 Å². The molecule has 0 bridgehead atoms. The molecule has 6 heteroatoms. The maximum Gasteiger partial charge on any atom is 0.240 e. The first kappa shape index (κ1) is 14.0. The van der Waals surface area contributed by atoms with Crippen LogP contribution in [-0.2, 0) is 14.8 Å². The van der Waals surface area contributed by atoms with Gasteiger partial charge in [0.25, 0.3) is 0 Å². The quantitative estimate of drug-likeness (QED) is 0.742. The monoisotopic (exact) mass is 259 g/mol. The summed E-state index contributed by atoms with van der Waals surface area (Å²) in [5.41, 5.74) is 0. The lowest BCUT2D eigenvalue weighted by molar-refractivity contribution is 0.153. The van der Waals surface area contributed by atoms with E-state index in [1.54, 1.807) is 12.1 Å². The normalized spacial score (nSPS) is 11.4. The molecule has 0 aromatic heterocycles. The zero-order valence-electron chi connectivity index (χ0n) is 9.97. The van der Waals surface area contributed by atoms with Crippen molar-refractivity contribution in [1.29, 1.82) is 0 Å². The number of nitrogens with one attached hydrogen (secondary N) is 1. The molecular formula is C11H17NO4S. The molecule has 0 spiro atoms. The predicted octanol–water partition coefficient (Wildman–Crippen LogP) is 1.01. The maximum absolute atomic E-state index is 11.8. The van der Waals surface area contributed by atoms with Crippen LogP contribution < -0.4 is 9.46 Å². The molecule has 1 aromatic carbocycles. The lowest BCUT2D eigenvalue weighted by Crippen LogP contribution is -2.27. The second-order valence-corrected chi connectivity index (χ2v) is 5.04. The number of sulfonamides is 1. The van der Waals surface area contributed by atoms with Gasteiger partial charge >= 0.3 is 0 Å². The molecule has 17 heavy (non-hydrogen) atoms. The maximum atomic E-state index is 11.8. The Morgan fingerprint density at radius 2 is 1.88 bits per heavy atom. The van der Waals surface area contributed by atoms with Crippen LogP contribution in [-0.4, -0.2) is 35.3 Å². The van der Waals surface area contributed by atoms with Crippen molar-refractivity contribution >= 4 is 10.0 Å². The molecule has 0 radical (unpaired) electrons. The van der Waals surface area contributed by atoms with E-state index >= 15 is 0 Å². The van der Waals surface area contributed by atoms with E-state index in [2.05, 4.69) is 4.72 Å². The summed E-state index contributed by atoms with van der Waals surface area (Å²) in [4.78, 5) is 0.217. The van der Waals surface area contributed by atoms with Gasteiger partial charge in [0.1, 0.15) is 5.75 Å². The fourth-order valence-electron chi connectivity index (χ4n) is 1.23. The van der Waals surface area contributed by atoms with Crippen molar-refractivity contribution in [3.8, 4) is 5.75 Å². The number of methoxy groups -OCH3 is 1. The highest BCUT2D eigenvalue weighted by molar-refractivity contribution is 7.89. The number of hydrogen-bond acceptors (Lipinski definition) is 4. The Labute approximate surface area is 102 Å². The van der Waals surface area contributed by atoms with Crippen molar-refractivity contribution in [1.82, 2.24) is 4.72 Å². The average molecular weight is 259 g/mol. The number of ether oxygens (including phenoxy) is 2. The molecule has 0 atom stereocenters. The SMILES string of the molecule is CCOCCNS(=O)(=O)c1ccc(OC)cc1. The standard InChI is InChI=1S/C11H17NO4S/c1-3-16-9-8-12-17(13,14)11-6-4-10(15-2)5-7-11/h4-7,12H,3,8-9H2,1-2H3. The van der Waals surface area contributed by atoms with Gasteiger partial charge in [-0.2, -0.15) is 0 Å². The first-order valence-electron chi connectivity index (χ1n) is 5.31. The van der Waals surface area contributed by atoms with Crippen LogP contribution in [0, 0.1) is 0 Å². The second-order valence-electron chi connectivity index (χ2n) is 3.27. The fourth-order valence-corrected chi connectivity index (χ4v) is 2.24. The van der Waals surface area contributed by atoms with Gasteiger partial charge in [-0.25, -0.2) is 13.1 Å². The van der Waals surface area contributed by atoms with Gasteiger partial charge in [-0.1, -0.05) is 0 Å². The molecule has 0 heterocycles. The Kier molecular flexibility index (Phi) is 5.40. The highest BCUT2D eigenvalue weighted by Crippen LogP contribution is 2.14. The largest absolute Gasteiger partial charge is 0.497 e. The van der Waals surface area contributed by atoms with Crippen LogP contribution in [0.25, 0.3) is 0 Å². The summed E-state index contributed by atoms with van der Waals surface area (Å²) in [6.45, 7) is 3.07. The third kappa shape index (κ3) is 4.33. The van der Waals surface area contributed by atoms with Crippen molar-refractivity contribution in [2.45, 2.75) is 11.8 Å². The van der Waals surface area contributed by atoms with Gasteiger partial charge in [-0.3, -0.25) is 0 Å². The van der Waals surface area contributed by atoms with E-state index in [9.17, 15) is 8.42 Å². The summed E-state index contributed by atoms with van der Waals surface area (Å²) in [6, 6.07) is 6.22. The summed E-state index contributed by atoms with van der Waals surface area (Å²) >= 11 is 0. The van der Waals surface area contributed by atoms with Crippen LogP contribution in [0.15, 0.2) is 29.2 Å². The summed E-state index contributed by atoms with van der Waals surface area (Å²) in [6.07, 6.45) is 0. The van der Waals surface area contributed by atoms with E-state index in [0.717, 1.165) is 0 Å². The van der Waals surface area contributed by atoms with Gasteiger partial charge in [-0.15, -0.1) is 0 Å². The lowest BCUT2D eigenvalue weighted by atomic mass is 10.3. The van der Waals surface area contributed by atoms with Gasteiger partial charge in [-0.05, 0) is 31.2 Å². The first-order chi connectivity index (χ1) is 8.10. The second kappa shape index (κ2) is 6.58. The van der Waals surface area contributed by atoms with Gasteiger partial charge in [0.15, 0.2) is 0 Å². The predicted molar refractivity (Wildman–Crippen MR) is 64.7 cm³/mol. The molecule has 0 saturated carbocycles. The van der Waals surface area contributed by atoms with E-state index < -0.39 is 10.0 Å². The van der Waals surface area contributed by atoms with Gasteiger partial charge in [0.2, 0.25) is 10.0 Å². The summed E-state index contributed by atoms with van der Waals surface area (Å²) < 4.78 is 36.0. The van der Waals surface area contributed by atoms with Crippen LogP contribution >= 0.6 is 0 Å². The Bertz CT molecular complexity index is 427. The third-order valence-corrected chi connectivity index (χ3v) is 3.59. The molecule has 0 amide bonds. The molecule has 0 aliphatic carbocycles. The number of hydrogen-bond donors (Lipinski definition) is 1. The average Bonchev–Trinajstić information content (AvgIpc) is 2.35. The number of rotatable bonds is 7. The van der Waals surface area contributed by atoms with Crippen LogP contribution in [0.5, 0.6) is 5.75 Å². The fraction of sp³-hybridized carbons (Fsp3) is 0.455. The summed E-state index contributed by atoms with van der Waals surface area (Å²) in [5.74, 6) is 0.623. The van der Waals surface area contributed by atoms with E-state index in [1.165, 1.54) is 19.2 Å². The van der Waals surface area contributed by atoms with Crippen molar-refractivity contribution in [3.63, 3.8) is 0 Å². The molecule has 1 aromatic rings. The zero-order valence-corrected chi connectivity index (χ0v) is 10.8. The van der Waals surface area contributed by atoms with Crippen molar-refractivity contribution in [2.24, 2.45) is 0 Å². The Hall–Kier alpha value is -1.11. The topological polar surface area (TPSA) is 64.6 Å². The van der Waals surface area contributed by atoms with E-state index in [-0.39, 0.29) is 11.4 Å². The Balaban J connectivity index is 2.62. The summed E-state index contributed by atoms with van der Waals surface area (Å²) in [5, 5.41) is 0. The molecule has 1 N–H and O–H groups in total. The van der Waals surface area contributed by atoms with Crippen molar-refractivity contribution in [2.75, 3.05) is 26.9 Å². The first-order valence-corrected chi connectivity index (χ1v) is 6.80. The van der Waals surface area contributed by atoms with Crippen LogP contribution in [0.2, 0.25) is 0 Å². The minimum Gasteiger partial charge on any atom is -0.497 e. The minimum atomic E-state index is -3.45. The molecule has 0 aliphatic rings. The zero-order chi connectivity index (χ0) is 12.7.